The van der Waals surface area contributed by atoms with Crippen LogP contribution >= 0.6 is 11.8 Å². The molecule has 1 heterocycles. The molecule has 1 fully saturated rings. The van der Waals surface area contributed by atoms with Crippen molar-refractivity contribution >= 4 is 46.5 Å². The zero-order valence-corrected chi connectivity index (χ0v) is 16.2. The SMILES string of the molecule is COc1c(/C=C2\SC(=NN=Cc3ccc([N+](=O)[O-])cc3)NC2=O)cccc1[N+](=O)[O-]. The number of para-hydroxylation sites is 1. The normalized spacial score (nSPS) is 16.2. The van der Waals surface area contributed by atoms with Gasteiger partial charge in [-0.2, -0.15) is 5.10 Å². The standard InChI is InChI=1S/C18H13N5O6S/c1-29-16-12(3-2-4-14(16)23(27)28)9-15-17(24)20-18(30-15)21-19-10-11-5-7-13(8-6-11)22(25)26/h2-10H,1H3,(H,20,21,24)/b15-9-,19-10?. The minimum atomic E-state index is -0.567. The van der Waals surface area contributed by atoms with Crippen LogP contribution in [0.3, 0.4) is 0 Å². The summed E-state index contributed by atoms with van der Waals surface area (Å²) in [7, 11) is 1.31. The minimum Gasteiger partial charge on any atom is -0.490 e. The fraction of sp³-hybridized carbons (Fsp3) is 0.0556. The Labute approximate surface area is 173 Å². The summed E-state index contributed by atoms with van der Waals surface area (Å²) in [6, 6.07) is 10.1. The number of rotatable bonds is 6. The number of nitro benzene ring substituents is 2. The van der Waals surface area contributed by atoms with E-state index in [-0.39, 0.29) is 27.2 Å². The first-order chi connectivity index (χ1) is 14.4. The summed E-state index contributed by atoms with van der Waals surface area (Å²) in [6.07, 6.45) is 2.85. The third-order valence-electron chi connectivity index (χ3n) is 3.82. The number of carbonyl (C=O) groups excluding carboxylic acids is 1. The topological polar surface area (TPSA) is 149 Å². The molecule has 12 heteroatoms. The molecule has 1 saturated heterocycles. The summed E-state index contributed by atoms with van der Waals surface area (Å²) in [4.78, 5) is 33.1. The second-order valence-corrected chi connectivity index (χ2v) is 6.75. The van der Waals surface area contributed by atoms with E-state index in [1.807, 2.05) is 0 Å². The Bertz CT molecular complexity index is 1110. The van der Waals surface area contributed by atoms with Gasteiger partial charge in [-0.15, -0.1) is 5.10 Å². The number of nitrogens with zero attached hydrogens (tertiary/aromatic N) is 4. The van der Waals surface area contributed by atoms with Gasteiger partial charge in [0.25, 0.3) is 11.6 Å². The van der Waals surface area contributed by atoms with Gasteiger partial charge in [-0.3, -0.25) is 30.3 Å². The molecule has 0 radical (unpaired) electrons. The van der Waals surface area contributed by atoms with Gasteiger partial charge in [0, 0.05) is 23.8 Å². The van der Waals surface area contributed by atoms with Crippen molar-refractivity contribution in [1.82, 2.24) is 5.32 Å². The molecule has 2 aromatic carbocycles. The van der Waals surface area contributed by atoms with Crippen LogP contribution in [-0.4, -0.2) is 34.2 Å². The highest BCUT2D eigenvalue weighted by Crippen LogP contribution is 2.34. The van der Waals surface area contributed by atoms with Crippen molar-refractivity contribution in [3.05, 3.63) is 78.7 Å². The van der Waals surface area contributed by atoms with Crippen molar-refractivity contribution < 1.29 is 19.4 Å². The van der Waals surface area contributed by atoms with Gasteiger partial charge < -0.3 is 4.74 Å². The average molecular weight is 427 g/mol. The molecule has 0 bridgehead atoms. The molecule has 2 aromatic rings. The summed E-state index contributed by atoms with van der Waals surface area (Å²) in [5.74, 6) is -0.386. The van der Waals surface area contributed by atoms with Gasteiger partial charge in [0.1, 0.15) is 0 Å². The Hall–Kier alpha value is -4.06. The molecule has 0 saturated carbocycles. The van der Waals surface area contributed by atoms with Crippen LogP contribution in [0.2, 0.25) is 0 Å². The Morgan fingerprint density at radius 1 is 1.10 bits per heavy atom. The predicted molar refractivity (Wildman–Crippen MR) is 111 cm³/mol. The molecule has 0 aromatic heterocycles. The van der Waals surface area contributed by atoms with Gasteiger partial charge in [0.15, 0.2) is 5.17 Å². The molecule has 11 nitrogen and oxygen atoms in total. The number of methoxy groups -OCH3 is 1. The third kappa shape index (κ3) is 4.67. The molecular weight excluding hydrogens is 414 g/mol. The lowest BCUT2D eigenvalue weighted by atomic mass is 10.1. The van der Waals surface area contributed by atoms with Crippen LogP contribution in [-0.2, 0) is 4.79 Å². The van der Waals surface area contributed by atoms with E-state index in [0.717, 1.165) is 11.8 Å². The lowest BCUT2D eigenvalue weighted by Gasteiger charge is -2.05. The molecular formula is C18H13N5O6S. The number of nitro groups is 2. The van der Waals surface area contributed by atoms with Crippen LogP contribution in [0.25, 0.3) is 6.08 Å². The number of amidine groups is 1. The van der Waals surface area contributed by atoms with Crippen LogP contribution in [0.15, 0.2) is 57.6 Å². The largest absolute Gasteiger partial charge is 0.490 e. The zero-order valence-electron chi connectivity index (χ0n) is 15.3. The summed E-state index contributed by atoms with van der Waals surface area (Å²) in [5.41, 5.74) is 0.719. The molecule has 0 spiro atoms. The van der Waals surface area contributed by atoms with Crippen molar-refractivity contribution in [3.8, 4) is 5.75 Å². The summed E-state index contributed by atoms with van der Waals surface area (Å²) in [6.45, 7) is 0. The smallest absolute Gasteiger partial charge is 0.311 e. The van der Waals surface area contributed by atoms with Crippen molar-refractivity contribution in [2.75, 3.05) is 7.11 Å². The van der Waals surface area contributed by atoms with E-state index in [2.05, 4.69) is 15.5 Å². The molecule has 0 unspecified atom stereocenters. The van der Waals surface area contributed by atoms with Crippen LogP contribution < -0.4 is 10.1 Å². The molecule has 1 N–H and O–H groups in total. The lowest BCUT2D eigenvalue weighted by molar-refractivity contribution is -0.385. The second kappa shape index (κ2) is 8.96. The molecule has 3 rings (SSSR count). The van der Waals surface area contributed by atoms with E-state index in [1.54, 1.807) is 6.07 Å². The summed E-state index contributed by atoms with van der Waals surface area (Å²) in [5, 5.41) is 32.3. The van der Waals surface area contributed by atoms with Gasteiger partial charge in [0.05, 0.1) is 28.1 Å². The zero-order chi connectivity index (χ0) is 21.7. The predicted octanol–water partition coefficient (Wildman–Crippen LogP) is 3.11. The number of hydrogen-bond acceptors (Lipinski definition) is 9. The number of carbonyl (C=O) groups is 1. The molecule has 152 valence electrons. The average Bonchev–Trinajstić information content (AvgIpc) is 3.07. The number of nitrogens with one attached hydrogen (secondary N) is 1. The maximum atomic E-state index is 12.2. The minimum absolute atomic E-state index is 0.0385. The van der Waals surface area contributed by atoms with Crippen molar-refractivity contribution in [1.29, 1.82) is 0 Å². The van der Waals surface area contributed by atoms with E-state index >= 15 is 0 Å². The van der Waals surface area contributed by atoms with Crippen LogP contribution in [0.1, 0.15) is 11.1 Å². The van der Waals surface area contributed by atoms with E-state index in [1.165, 1.54) is 55.8 Å². The number of ether oxygens (including phenoxy) is 1. The summed E-state index contributed by atoms with van der Waals surface area (Å²) < 4.78 is 5.12. The van der Waals surface area contributed by atoms with Gasteiger partial charge in [0.2, 0.25) is 5.75 Å². The maximum absolute atomic E-state index is 12.2. The molecule has 1 aliphatic rings. The third-order valence-corrected chi connectivity index (χ3v) is 4.72. The highest BCUT2D eigenvalue weighted by molar-refractivity contribution is 8.18. The van der Waals surface area contributed by atoms with E-state index in [4.69, 9.17) is 4.74 Å². The quantitative estimate of drug-likeness (QED) is 0.322. The number of thioether (sulfide) groups is 1. The Kier molecular flexibility index (Phi) is 6.17. The fourth-order valence-corrected chi connectivity index (χ4v) is 3.24. The summed E-state index contributed by atoms with van der Waals surface area (Å²) >= 11 is 1.01. The van der Waals surface area contributed by atoms with E-state index < -0.39 is 15.8 Å². The van der Waals surface area contributed by atoms with Crippen molar-refractivity contribution in [2.45, 2.75) is 0 Å². The van der Waals surface area contributed by atoms with Crippen molar-refractivity contribution in [2.24, 2.45) is 10.2 Å². The van der Waals surface area contributed by atoms with Crippen LogP contribution in [0.4, 0.5) is 11.4 Å². The lowest BCUT2D eigenvalue weighted by Crippen LogP contribution is -2.19. The van der Waals surface area contributed by atoms with E-state index in [9.17, 15) is 25.0 Å². The van der Waals surface area contributed by atoms with Gasteiger partial charge in [-0.1, -0.05) is 12.1 Å². The fourth-order valence-electron chi connectivity index (χ4n) is 2.47. The Balaban J connectivity index is 1.77. The van der Waals surface area contributed by atoms with Gasteiger partial charge >= 0.3 is 5.69 Å². The van der Waals surface area contributed by atoms with E-state index in [0.29, 0.717) is 11.1 Å². The number of hydrogen-bond donors (Lipinski definition) is 1. The highest BCUT2D eigenvalue weighted by Gasteiger charge is 2.25. The van der Waals surface area contributed by atoms with Crippen LogP contribution in [0.5, 0.6) is 5.75 Å². The van der Waals surface area contributed by atoms with Crippen LogP contribution in [0, 0.1) is 20.2 Å². The van der Waals surface area contributed by atoms with Crippen molar-refractivity contribution in [3.63, 3.8) is 0 Å². The Morgan fingerprint density at radius 3 is 2.47 bits per heavy atom. The van der Waals surface area contributed by atoms with Gasteiger partial charge in [-0.25, -0.2) is 0 Å². The molecule has 0 aliphatic carbocycles. The molecule has 0 atom stereocenters. The second-order valence-electron chi connectivity index (χ2n) is 5.72. The first-order valence-electron chi connectivity index (χ1n) is 8.27. The maximum Gasteiger partial charge on any atom is 0.311 e. The highest BCUT2D eigenvalue weighted by atomic mass is 32.2. The Morgan fingerprint density at radius 2 is 1.83 bits per heavy atom. The number of non-ortho nitro benzene ring substituents is 1. The monoisotopic (exact) mass is 427 g/mol. The molecule has 30 heavy (non-hydrogen) atoms. The number of benzene rings is 2. The first-order valence-corrected chi connectivity index (χ1v) is 9.08. The molecule has 1 aliphatic heterocycles. The van der Waals surface area contributed by atoms with Gasteiger partial charge in [-0.05, 0) is 35.5 Å². The first kappa shape index (κ1) is 20.7. The molecule has 1 amide bonds. The number of amides is 1.